The van der Waals surface area contributed by atoms with Crippen molar-refractivity contribution in [2.45, 2.75) is 56.4 Å². The van der Waals surface area contributed by atoms with Crippen molar-refractivity contribution in [3.05, 3.63) is 0 Å². The van der Waals surface area contributed by atoms with Crippen LogP contribution in [0.1, 0.15) is 39.5 Å². The van der Waals surface area contributed by atoms with Crippen LogP contribution >= 0.6 is 11.8 Å². The van der Waals surface area contributed by atoms with Crippen molar-refractivity contribution in [3.8, 4) is 0 Å². The molecule has 1 heterocycles. The van der Waals surface area contributed by atoms with Crippen molar-refractivity contribution < 1.29 is 9.53 Å². The second-order valence-corrected chi connectivity index (χ2v) is 6.98. The average Bonchev–Trinajstić information content (AvgIpc) is 3.14. The minimum Gasteiger partial charge on any atom is -0.377 e. The van der Waals surface area contributed by atoms with Crippen molar-refractivity contribution in [2.24, 2.45) is 11.7 Å². The van der Waals surface area contributed by atoms with E-state index >= 15 is 0 Å². The molecule has 0 radical (unpaired) electrons. The van der Waals surface area contributed by atoms with Crippen molar-refractivity contribution in [3.63, 3.8) is 0 Å². The highest BCUT2D eigenvalue weighted by Gasteiger charge is 2.49. The van der Waals surface area contributed by atoms with Crippen molar-refractivity contribution in [2.75, 3.05) is 18.9 Å². The van der Waals surface area contributed by atoms with Gasteiger partial charge in [-0.2, -0.15) is 11.8 Å². The smallest absolute Gasteiger partial charge is 0.238 e. The van der Waals surface area contributed by atoms with Crippen LogP contribution in [-0.2, 0) is 9.53 Å². The van der Waals surface area contributed by atoms with E-state index in [1.165, 1.54) is 0 Å². The van der Waals surface area contributed by atoms with Gasteiger partial charge in [-0.05, 0) is 45.1 Å². The van der Waals surface area contributed by atoms with E-state index in [1.54, 1.807) is 0 Å². The largest absolute Gasteiger partial charge is 0.377 e. The molecule has 0 bridgehead atoms. The molecule has 2 aliphatic rings. The quantitative estimate of drug-likeness (QED) is 0.710. The Morgan fingerprint density at radius 1 is 1.47 bits per heavy atom. The third-order valence-corrected chi connectivity index (χ3v) is 5.91. The lowest BCUT2D eigenvalue weighted by molar-refractivity contribution is -0.124. The SMILES string of the molecule is CCCNC(CSC1CCOC1C)(C(N)=O)C1CC1. The zero-order valence-electron chi connectivity index (χ0n) is 12.0. The third kappa shape index (κ3) is 3.44. The van der Waals surface area contributed by atoms with Gasteiger partial charge in [0.1, 0.15) is 5.54 Å². The number of nitrogens with one attached hydrogen (secondary N) is 1. The van der Waals surface area contributed by atoms with Gasteiger partial charge in [0.25, 0.3) is 0 Å². The number of thioether (sulfide) groups is 1. The van der Waals surface area contributed by atoms with Crippen LogP contribution in [-0.4, -0.2) is 41.7 Å². The molecule has 3 atom stereocenters. The van der Waals surface area contributed by atoms with Gasteiger partial charge >= 0.3 is 0 Å². The lowest BCUT2D eigenvalue weighted by atomic mass is 9.94. The second-order valence-electron chi connectivity index (χ2n) is 5.75. The molecule has 19 heavy (non-hydrogen) atoms. The molecule has 2 rings (SSSR count). The summed E-state index contributed by atoms with van der Waals surface area (Å²) in [4.78, 5) is 12.0. The summed E-state index contributed by atoms with van der Waals surface area (Å²) in [5.74, 6) is 1.04. The number of nitrogens with two attached hydrogens (primary N) is 1. The number of ether oxygens (including phenoxy) is 1. The molecule has 1 aliphatic heterocycles. The van der Waals surface area contributed by atoms with Gasteiger partial charge in [-0.25, -0.2) is 0 Å². The summed E-state index contributed by atoms with van der Waals surface area (Å²) in [6, 6.07) is 0. The van der Waals surface area contributed by atoms with Gasteiger partial charge in [0, 0.05) is 17.6 Å². The van der Waals surface area contributed by atoms with E-state index < -0.39 is 5.54 Å². The highest BCUT2D eigenvalue weighted by molar-refractivity contribution is 8.00. The molecule has 1 saturated heterocycles. The normalized spacial score (nSPS) is 30.2. The van der Waals surface area contributed by atoms with Crippen LogP contribution in [0.3, 0.4) is 0 Å². The van der Waals surface area contributed by atoms with Crippen LogP contribution < -0.4 is 11.1 Å². The van der Waals surface area contributed by atoms with Gasteiger partial charge < -0.3 is 15.8 Å². The van der Waals surface area contributed by atoms with Crippen molar-refractivity contribution in [1.82, 2.24) is 5.32 Å². The molecule has 0 spiro atoms. The van der Waals surface area contributed by atoms with Crippen molar-refractivity contribution >= 4 is 17.7 Å². The Hall–Kier alpha value is -0.260. The van der Waals surface area contributed by atoms with Gasteiger partial charge in [-0.15, -0.1) is 0 Å². The molecule has 0 aromatic heterocycles. The van der Waals surface area contributed by atoms with Gasteiger partial charge in [0.15, 0.2) is 0 Å². The topological polar surface area (TPSA) is 64.3 Å². The molecule has 1 aliphatic carbocycles. The zero-order valence-corrected chi connectivity index (χ0v) is 12.8. The lowest BCUT2D eigenvalue weighted by Gasteiger charge is -2.33. The maximum absolute atomic E-state index is 12.0. The Morgan fingerprint density at radius 3 is 2.68 bits per heavy atom. The highest BCUT2D eigenvalue weighted by atomic mass is 32.2. The summed E-state index contributed by atoms with van der Waals surface area (Å²) in [7, 11) is 0. The van der Waals surface area contributed by atoms with Gasteiger partial charge in [0.05, 0.1) is 6.10 Å². The Bertz CT molecular complexity index is 323. The van der Waals surface area contributed by atoms with Crippen LogP contribution in [0.15, 0.2) is 0 Å². The van der Waals surface area contributed by atoms with Crippen molar-refractivity contribution in [1.29, 1.82) is 0 Å². The first-order valence-corrected chi connectivity index (χ1v) is 8.43. The molecule has 0 aromatic rings. The first-order chi connectivity index (χ1) is 9.10. The number of hydrogen-bond donors (Lipinski definition) is 2. The van der Waals surface area contributed by atoms with Crippen LogP contribution in [0.4, 0.5) is 0 Å². The fraction of sp³-hybridized carbons (Fsp3) is 0.929. The summed E-state index contributed by atoms with van der Waals surface area (Å²) < 4.78 is 5.59. The number of carbonyl (C=O) groups excluding carboxylic acids is 1. The zero-order chi connectivity index (χ0) is 13.9. The molecule has 3 N–H and O–H groups in total. The highest BCUT2D eigenvalue weighted by Crippen LogP contribution is 2.42. The monoisotopic (exact) mass is 286 g/mol. The van der Waals surface area contributed by atoms with Gasteiger partial charge in [-0.3, -0.25) is 4.79 Å². The summed E-state index contributed by atoms with van der Waals surface area (Å²) in [6.45, 7) is 5.93. The van der Waals surface area contributed by atoms with E-state index in [0.717, 1.165) is 44.6 Å². The maximum atomic E-state index is 12.0. The number of carbonyl (C=O) groups is 1. The fourth-order valence-electron chi connectivity index (χ4n) is 2.77. The molecular formula is C14H26N2O2S. The summed E-state index contributed by atoms with van der Waals surface area (Å²) in [6.07, 6.45) is 4.64. The first kappa shape index (κ1) is 15.1. The standard InChI is InChI=1S/C14H26N2O2S/c1-3-7-16-14(13(15)17,11-4-5-11)9-19-12-6-8-18-10(12)2/h10-12,16H,3-9H2,1-2H3,(H2,15,17). The van der Waals surface area contributed by atoms with Crippen LogP contribution in [0.5, 0.6) is 0 Å². The van der Waals surface area contributed by atoms with Crippen LogP contribution in [0.2, 0.25) is 0 Å². The summed E-state index contributed by atoms with van der Waals surface area (Å²) in [5, 5.41) is 3.95. The van der Waals surface area contributed by atoms with Gasteiger partial charge in [-0.1, -0.05) is 6.92 Å². The van der Waals surface area contributed by atoms with Crippen LogP contribution in [0, 0.1) is 5.92 Å². The van der Waals surface area contributed by atoms with E-state index in [0.29, 0.717) is 17.3 Å². The number of rotatable bonds is 8. The second kappa shape index (κ2) is 6.46. The van der Waals surface area contributed by atoms with E-state index in [1.807, 2.05) is 11.8 Å². The number of primary amides is 1. The lowest BCUT2D eigenvalue weighted by Crippen LogP contribution is -2.59. The molecule has 110 valence electrons. The molecule has 3 unspecified atom stereocenters. The predicted octanol–water partition coefficient (Wildman–Crippen LogP) is 1.53. The summed E-state index contributed by atoms with van der Waals surface area (Å²) >= 11 is 1.86. The first-order valence-electron chi connectivity index (χ1n) is 7.38. The minimum atomic E-state index is -0.497. The number of amides is 1. The predicted molar refractivity (Wildman–Crippen MR) is 79.2 cm³/mol. The molecular weight excluding hydrogens is 260 g/mol. The minimum absolute atomic E-state index is 0.178. The van der Waals surface area contributed by atoms with E-state index in [2.05, 4.69) is 19.2 Å². The molecule has 0 aromatic carbocycles. The molecule has 1 amide bonds. The van der Waals surface area contributed by atoms with Crippen LogP contribution in [0.25, 0.3) is 0 Å². The third-order valence-electron chi connectivity index (χ3n) is 4.24. The average molecular weight is 286 g/mol. The Balaban J connectivity index is 1.97. The summed E-state index contributed by atoms with van der Waals surface area (Å²) in [5.41, 5.74) is 5.23. The Labute approximate surface area is 120 Å². The van der Waals surface area contributed by atoms with E-state index in [-0.39, 0.29) is 5.91 Å². The Morgan fingerprint density at radius 2 is 2.21 bits per heavy atom. The fourth-order valence-corrected chi connectivity index (χ4v) is 4.34. The Kier molecular flexibility index (Phi) is 5.15. The molecule has 4 nitrogen and oxygen atoms in total. The molecule has 5 heteroatoms. The van der Waals surface area contributed by atoms with E-state index in [9.17, 15) is 4.79 Å². The molecule has 2 fully saturated rings. The number of hydrogen-bond acceptors (Lipinski definition) is 4. The van der Waals surface area contributed by atoms with E-state index in [4.69, 9.17) is 10.5 Å². The molecule has 1 saturated carbocycles. The van der Waals surface area contributed by atoms with Gasteiger partial charge in [0.2, 0.25) is 5.91 Å². The maximum Gasteiger partial charge on any atom is 0.238 e.